The van der Waals surface area contributed by atoms with Crippen LogP contribution in [0.3, 0.4) is 0 Å². The van der Waals surface area contributed by atoms with E-state index in [2.05, 4.69) is 4.74 Å². The van der Waals surface area contributed by atoms with Gasteiger partial charge in [-0.15, -0.1) is 0 Å². The van der Waals surface area contributed by atoms with E-state index >= 15 is 0 Å². The van der Waals surface area contributed by atoms with Crippen LogP contribution in [0.25, 0.3) is 0 Å². The highest BCUT2D eigenvalue weighted by Crippen LogP contribution is 2.38. The Morgan fingerprint density at radius 3 is 2.05 bits per heavy atom. The van der Waals surface area contributed by atoms with Crippen molar-refractivity contribution >= 4 is 18.1 Å². The van der Waals surface area contributed by atoms with Gasteiger partial charge in [0.2, 0.25) is 0 Å². The number of anilines is 1. The van der Waals surface area contributed by atoms with Crippen LogP contribution in [0.15, 0.2) is 18.2 Å². The van der Waals surface area contributed by atoms with E-state index in [4.69, 9.17) is 0 Å². The Balaban J connectivity index is 2.27. The molecule has 1 fully saturated rings. The molecular formula is C27H36F9N3O3. The van der Waals surface area contributed by atoms with Gasteiger partial charge in [0.1, 0.15) is 6.29 Å². The van der Waals surface area contributed by atoms with Crippen molar-refractivity contribution in [1.29, 1.82) is 0 Å². The molecule has 15 heteroatoms. The second-order valence-corrected chi connectivity index (χ2v) is 10.7. The summed E-state index contributed by atoms with van der Waals surface area (Å²) in [6.45, 7) is 7.35. The van der Waals surface area contributed by atoms with Gasteiger partial charge in [-0.3, -0.25) is 4.90 Å². The Morgan fingerprint density at radius 1 is 1.02 bits per heavy atom. The van der Waals surface area contributed by atoms with Gasteiger partial charge in [0.15, 0.2) is 0 Å². The topological polar surface area (TPSA) is 53.1 Å². The van der Waals surface area contributed by atoms with Crippen LogP contribution in [0.5, 0.6) is 0 Å². The summed E-state index contributed by atoms with van der Waals surface area (Å²) < 4.78 is 122. The number of aldehydes is 1. The van der Waals surface area contributed by atoms with E-state index in [1.54, 1.807) is 31.7 Å². The smallest absolute Gasteiger partial charge is 0.426 e. The molecule has 0 N–H and O–H groups in total. The van der Waals surface area contributed by atoms with E-state index in [1.165, 1.54) is 0 Å². The van der Waals surface area contributed by atoms with Crippen molar-refractivity contribution in [2.45, 2.75) is 96.1 Å². The molecule has 1 aliphatic rings. The number of alkyl halides is 9. The summed E-state index contributed by atoms with van der Waals surface area (Å²) in [4.78, 5) is 27.9. The summed E-state index contributed by atoms with van der Waals surface area (Å²) in [6.07, 6.45) is -20.0. The molecule has 1 atom stereocenters. The van der Waals surface area contributed by atoms with Crippen molar-refractivity contribution < 1.29 is 53.8 Å². The number of amides is 1. The molecule has 1 aliphatic heterocycles. The fraction of sp³-hybridized carbons (Fsp3) is 0.704. The van der Waals surface area contributed by atoms with Crippen LogP contribution in [0.4, 0.5) is 50.0 Å². The number of hydrogen-bond acceptors (Lipinski definition) is 5. The number of carbonyl (C=O) groups excluding carboxylic acids is 2. The first-order chi connectivity index (χ1) is 19.3. The lowest BCUT2D eigenvalue weighted by Gasteiger charge is -2.46. The highest BCUT2D eigenvalue weighted by molar-refractivity contribution is 5.68. The lowest BCUT2D eigenvalue weighted by Crippen LogP contribution is -2.55. The number of carbonyl (C=O) groups is 2. The van der Waals surface area contributed by atoms with Crippen LogP contribution in [-0.4, -0.2) is 78.4 Å². The lowest BCUT2D eigenvalue weighted by atomic mass is 9.87. The number of rotatable bonds is 11. The van der Waals surface area contributed by atoms with Gasteiger partial charge in [0.05, 0.1) is 11.6 Å². The van der Waals surface area contributed by atoms with Crippen molar-refractivity contribution in [2.75, 3.05) is 31.1 Å². The SMILES string of the molecule is CCCCN(c1cc(CN(CC)C2(C)CCN(C(=O)OC(C(F)(F)F)C(F)(F)F)CC2)cc(C(F)(F)F)c1)[C@@H](C)C=O. The Morgan fingerprint density at radius 2 is 1.60 bits per heavy atom. The summed E-state index contributed by atoms with van der Waals surface area (Å²) in [5.74, 6) is 0. The second-order valence-electron chi connectivity index (χ2n) is 10.7. The number of unbranched alkanes of at least 4 members (excludes halogenated alkanes) is 1. The molecule has 0 saturated carbocycles. The fourth-order valence-electron chi connectivity index (χ4n) is 4.95. The molecular weight excluding hydrogens is 585 g/mol. The number of benzene rings is 1. The molecule has 0 aromatic heterocycles. The zero-order valence-corrected chi connectivity index (χ0v) is 23.8. The third kappa shape index (κ3) is 9.14. The summed E-state index contributed by atoms with van der Waals surface area (Å²) in [5.41, 5.74) is -1.10. The maximum absolute atomic E-state index is 13.9. The maximum atomic E-state index is 13.9. The first kappa shape index (κ1) is 35.5. The third-order valence-corrected chi connectivity index (χ3v) is 7.51. The van der Waals surface area contributed by atoms with Crippen LogP contribution in [-0.2, 0) is 22.3 Å². The van der Waals surface area contributed by atoms with Gasteiger partial charge in [-0.05, 0) is 63.4 Å². The zero-order valence-electron chi connectivity index (χ0n) is 23.8. The van der Waals surface area contributed by atoms with E-state index in [9.17, 15) is 49.1 Å². The molecule has 42 heavy (non-hydrogen) atoms. The average molecular weight is 622 g/mol. The molecule has 1 aromatic rings. The van der Waals surface area contributed by atoms with E-state index in [0.29, 0.717) is 31.4 Å². The first-order valence-electron chi connectivity index (χ1n) is 13.5. The third-order valence-electron chi connectivity index (χ3n) is 7.51. The fourth-order valence-corrected chi connectivity index (χ4v) is 4.95. The molecule has 240 valence electrons. The van der Waals surface area contributed by atoms with Gasteiger partial charge in [0.25, 0.3) is 6.10 Å². The number of piperidine rings is 1. The zero-order chi connectivity index (χ0) is 32.1. The number of likely N-dealkylation sites (tertiary alicyclic amines) is 1. The Bertz CT molecular complexity index is 1040. The Labute approximate surface area is 238 Å². The minimum atomic E-state index is -5.84. The van der Waals surface area contributed by atoms with Gasteiger partial charge in [-0.1, -0.05) is 20.3 Å². The normalized spacial score (nSPS) is 17.0. The van der Waals surface area contributed by atoms with Gasteiger partial charge in [-0.2, -0.15) is 39.5 Å². The molecule has 1 heterocycles. The molecule has 0 aliphatic carbocycles. The van der Waals surface area contributed by atoms with E-state index in [0.717, 1.165) is 23.5 Å². The van der Waals surface area contributed by atoms with Crippen molar-refractivity contribution in [3.05, 3.63) is 29.3 Å². The maximum Gasteiger partial charge on any atom is 0.434 e. The van der Waals surface area contributed by atoms with E-state index in [1.807, 2.05) is 11.8 Å². The molecule has 0 unspecified atom stereocenters. The molecule has 0 radical (unpaired) electrons. The number of ether oxygens (including phenoxy) is 1. The van der Waals surface area contributed by atoms with Gasteiger partial charge < -0.3 is 19.3 Å². The number of hydrogen-bond donors (Lipinski definition) is 0. The van der Waals surface area contributed by atoms with Crippen LogP contribution in [0, 0.1) is 0 Å². The lowest BCUT2D eigenvalue weighted by molar-refractivity contribution is -0.308. The van der Waals surface area contributed by atoms with Crippen molar-refractivity contribution in [3.63, 3.8) is 0 Å². The van der Waals surface area contributed by atoms with Gasteiger partial charge in [0, 0.05) is 37.4 Å². The van der Waals surface area contributed by atoms with Crippen molar-refractivity contribution in [2.24, 2.45) is 0 Å². The quantitative estimate of drug-likeness (QED) is 0.193. The summed E-state index contributed by atoms with van der Waals surface area (Å²) in [5, 5.41) is 0. The molecule has 0 spiro atoms. The van der Waals surface area contributed by atoms with Gasteiger partial charge in [-0.25, -0.2) is 4.79 Å². The van der Waals surface area contributed by atoms with Crippen LogP contribution >= 0.6 is 0 Å². The monoisotopic (exact) mass is 621 g/mol. The summed E-state index contributed by atoms with van der Waals surface area (Å²) in [7, 11) is 0. The Kier molecular flexibility index (Phi) is 11.6. The van der Waals surface area contributed by atoms with Crippen molar-refractivity contribution in [1.82, 2.24) is 9.80 Å². The highest BCUT2D eigenvalue weighted by Gasteiger charge is 2.60. The molecule has 6 nitrogen and oxygen atoms in total. The van der Waals surface area contributed by atoms with Crippen LogP contribution in [0.1, 0.15) is 64.5 Å². The molecule has 1 aromatic carbocycles. The Hall–Kier alpha value is -2.71. The molecule has 2 rings (SSSR count). The van der Waals surface area contributed by atoms with E-state index < -0.39 is 47.9 Å². The molecule has 1 amide bonds. The summed E-state index contributed by atoms with van der Waals surface area (Å²) >= 11 is 0. The highest BCUT2D eigenvalue weighted by atomic mass is 19.4. The standard InChI is InChI=1S/C27H36F9N3O3/c1-5-7-10-39(18(3)17-40)21-14-19(13-20(15-21)25(28,29)30)16-38(6-2)24(4)8-11-37(12-9-24)23(41)42-22(26(31,32)33)27(34,35)36/h13-15,17-18,22H,5-12,16H2,1-4H3/t18-/m0/s1. The second kappa shape index (κ2) is 13.7. The van der Waals surface area contributed by atoms with Gasteiger partial charge >= 0.3 is 24.6 Å². The molecule has 1 saturated heterocycles. The van der Waals surface area contributed by atoms with Crippen molar-refractivity contribution in [3.8, 4) is 0 Å². The van der Waals surface area contributed by atoms with E-state index in [-0.39, 0.29) is 38.2 Å². The average Bonchev–Trinajstić information content (AvgIpc) is 2.88. The number of halogens is 9. The summed E-state index contributed by atoms with van der Waals surface area (Å²) in [6, 6.07) is 2.92. The molecule has 0 bridgehead atoms. The largest absolute Gasteiger partial charge is 0.434 e. The van der Waals surface area contributed by atoms with Crippen LogP contribution < -0.4 is 4.90 Å². The minimum Gasteiger partial charge on any atom is -0.426 e. The van der Waals surface area contributed by atoms with Crippen LogP contribution in [0.2, 0.25) is 0 Å². The predicted octanol–water partition coefficient (Wildman–Crippen LogP) is 7.21. The first-order valence-corrected chi connectivity index (χ1v) is 13.5. The number of nitrogens with zero attached hydrogens (tertiary/aromatic N) is 3. The minimum absolute atomic E-state index is 0.0374. The predicted molar refractivity (Wildman–Crippen MR) is 137 cm³/mol.